The van der Waals surface area contributed by atoms with Gasteiger partial charge in [-0.25, -0.2) is 0 Å². The summed E-state index contributed by atoms with van der Waals surface area (Å²) in [5.74, 6) is 0.496. The maximum atomic E-state index is 12.2. The Balaban J connectivity index is 2.07. The molecule has 0 unspecified atom stereocenters. The molecule has 0 radical (unpaired) electrons. The van der Waals surface area contributed by atoms with Gasteiger partial charge in [-0.2, -0.15) is 4.99 Å². The molecule has 22 heavy (non-hydrogen) atoms. The lowest BCUT2D eigenvalue weighted by molar-refractivity contribution is 0.0998. The molecule has 4 nitrogen and oxygen atoms in total. The number of aromatic nitrogens is 1. The number of hydrogen-bond donors (Lipinski definition) is 0. The molecule has 0 fully saturated rings. The highest BCUT2D eigenvalue weighted by molar-refractivity contribution is 7.16. The third-order valence-electron chi connectivity index (χ3n) is 3.30. The monoisotopic (exact) mass is 332 g/mol. The summed E-state index contributed by atoms with van der Waals surface area (Å²) < 4.78 is 8.13. The van der Waals surface area contributed by atoms with Crippen LogP contribution >= 0.6 is 22.9 Å². The number of hydrogen-bond acceptors (Lipinski definition) is 3. The molecule has 0 N–H and O–H groups in total. The standard InChI is InChI=1S/C16H13ClN2O2S/c1-19-13-8-7-12(21-2)9-14(13)22-16(19)18-15(20)10-3-5-11(17)6-4-10/h3-9H,1-2H3. The van der Waals surface area contributed by atoms with Gasteiger partial charge in [-0.05, 0) is 42.5 Å². The van der Waals surface area contributed by atoms with Gasteiger partial charge in [0.1, 0.15) is 5.75 Å². The summed E-state index contributed by atoms with van der Waals surface area (Å²) in [5.41, 5.74) is 1.52. The zero-order valence-electron chi connectivity index (χ0n) is 12.0. The van der Waals surface area contributed by atoms with Crippen molar-refractivity contribution in [1.29, 1.82) is 0 Å². The van der Waals surface area contributed by atoms with Crippen LogP contribution in [0.2, 0.25) is 5.02 Å². The van der Waals surface area contributed by atoms with Gasteiger partial charge in [0.15, 0.2) is 4.80 Å². The molecule has 0 atom stereocenters. The number of fused-ring (bicyclic) bond motifs is 1. The summed E-state index contributed by atoms with van der Waals surface area (Å²) in [5, 5.41) is 0.594. The van der Waals surface area contributed by atoms with Crippen molar-refractivity contribution in [3.8, 4) is 5.75 Å². The van der Waals surface area contributed by atoms with Crippen molar-refractivity contribution in [3.63, 3.8) is 0 Å². The van der Waals surface area contributed by atoms with E-state index in [-0.39, 0.29) is 5.91 Å². The highest BCUT2D eigenvalue weighted by atomic mass is 35.5. The summed E-state index contributed by atoms with van der Waals surface area (Å²) >= 11 is 7.28. The second-order valence-electron chi connectivity index (χ2n) is 4.70. The van der Waals surface area contributed by atoms with Crippen LogP contribution in [0.3, 0.4) is 0 Å². The van der Waals surface area contributed by atoms with Gasteiger partial charge in [-0.1, -0.05) is 22.9 Å². The predicted octanol–water partition coefficient (Wildman–Crippen LogP) is 3.64. The van der Waals surface area contributed by atoms with Gasteiger partial charge in [0.05, 0.1) is 17.3 Å². The highest BCUT2D eigenvalue weighted by Gasteiger charge is 2.08. The van der Waals surface area contributed by atoms with E-state index in [1.165, 1.54) is 11.3 Å². The first-order valence-electron chi connectivity index (χ1n) is 6.56. The number of carbonyl (C=O) groups is 1. The van der Waals surface area contributed by atoms with E-state index in [0.717, 1.165) is 16.0 Å². The van der Waals surface area contributed by atoms with Crippen molar-refractivity contribution in [2.24, 2.45) is 12.0 Å². The number of halogens is 1. The van der Waals surface area contributed by atoms with E-state index in [1.807, 2.05) is 29.8 Å². The third kappa shape index (κ3) is 2.77. The van der Waals surface area contributed by atoms with E-state index in [0.29, 0.717) is 15.4 Å². The topological polar surface area (TPSA) is 43.6 Å². The molecular weight excluding hydrogens is 320 g/mol. The Morgan fingerprint density at radius 2 is 1.95 bits per heavy atom. The first-order chi connectivity index (χ1) is 10.6. The number of methoxy groups -OCH3 is 1. The highest BCUT2D eigenvalue weighted by Crippen LogP contribution is 2.22. The first kappa shape index (κ1) is 14.8. The van der Waals surface area contributed by atoms with Gasteiger partial charge in [0, 0.05) is 17.6 Å². The van der Waals surface area contributed by atoms with E-state index < -0.39 is 0 Å². The van der Waals surface area contributed by atoms with Gasteiger partial charge < -0.3 is 9.30 Å². The molecule has 0 aliphatic rings. The molecule has 1 heterocycles. The minimum Gasteiger partial charge on any atom is -0.497 e. The summed E-state index contributed by atoms with van der Waals surface area (Å²) in [4.78, 5) is 17.1. The van der Waals surface area contributed by atoms with Crippen molar-refractivity contribution in [2.75, 3.05) is 7.11 Å². The van der Waals surface area contributed by atoms with Gasteiger partial charge >= 0.3 is 0 Å². The predicted molar refractivity (Wildman–Crippen MR) is 88.7 cm³/mol. The number of ether oxygens (including phenoxy) is 1. The molecule has 3 rings (SSSR count). The number of benzene rings is 2. The number of aryl methyl sites for hydroxylation is 1. The van der Waals surface area contributed by atoms with Crippen molar-refractivity contribution in [1.82, 2.24) is 4.57 Å². The molecule has 6 heteroatoms. The molecule has 0 aliphatic carbocycles. The Labute approximate surface area is 136 Å². The normalized spacial score (nSPS) is 11.9. The van der Waals surface area contributed by atoms with Crippen LogP contribution in [0.5, 0.6) is 5.75 Å². The molecule has 0 saturated carbocycles. The smallest absolute Gasteiger partial charge is 0.279 e. The van der Waals surface area contributed by atoms with Crippen molar-refractivity contribution in [2.45, 2.75) is 0 Å². The Hall–Kier alpha value is -2.11. The fourth-order valence-corrected chi connectivity index (χ4v) is 3.26. The van der Waals surface area contributed by atoms with E-state index in [4.69, 9.17) is 16.3 Å². The van der Waals surface area contributed by atoms with E-state index >= 15 is 0 Å². The Morgan fingerprint density at radius 1 is 1.23 bits per heavy atom. The number of amides is 1. The largest absolute Gasteiger partial charge is 0.497 e. The zero-order valence-corrected chi connectivity index (χ0v) is 13.6. The SMILES string of the molecule is COc1ccc2c(c1)sc(=NC(=O)c1ccc(Cl)cc1)n2C. The molecule has 0 saturated heterocycles. The Bertz CT molecular complexity index is 910. The molecule has 0 bridgehead atoms. The average molecular weight is 333 g/mol. The minimum atomic E-state index is -0.286. The molecule has 0 spiro atoms. The van der Waals surface area contributed by atoms with Gasteiger partial charge in [-0.3, -0.25) is 4.79 Å². The lowest BCUT2D eigenvalue weighted by Gasteiger charge is -1.99. The minimum absolute atomic E-state index is 0.286. The van der Waals surface area contributed by atoms with Gasteiger partial charge in [-0.15, -0.1) is 0 Å². The van der Waals surface area contributed by atoms with Crippen LogP contribution in [-0.4, -0.2) is 17.6 Å². The second kappa shape index (κ2) is 5.94. The van der Waals surface area contributed by atoms with E-state index in [9.17, 15) is 4.79 Å². The van der Waals surface area contributed by atoms with Crippen LogP contribution in [0, 0.1) is 0 Å². The summed E-state index contributed by atoms with van der Waals surface area (Å²) in [6, 6.07) is 12.5. The molecule has 2 aromatic carbocycles. The molecule has 0 aliphatic heterocycles. The lowest BCUT2D eigenvalue weighted by atomic mass is 10.2. The van der Waals surface area contributed by atoms with Crippen LogP contribution < -0.4 is 9.54 Å². The second-order valence-corrected chi connectivity index (χ2v) is 6.15. The number of nitrogens with zero attached hydrogens (tertiary/aromatic N) is 2. The van der Waals surface area contributed by atoms with Crippen LogP contribution in [0.25, 0.3) is 10.2 Å². The fraction of sp³-hybridized carbons (Fsp3) is 0.125. The van der Waals surface area contributed by atoms with E-state index in [2.05, 4.69) is 4.99 Å². The van der Waals surface area contributed by atoms with E-state index in [1.54, 1.807) is 31.4 Å². The zero-order chi connectivity index (χ0) is 15.7. The van der Waals surface area contributed by atoms with Crippen LogP contribution in [-0.2, 0) is 7.05 Å². The quantitative estimate of drug-likeness (QED) is 0.719. The maximum absolute atomic E-state index is 12.2. The molecule has 1 amide bonds. The molecule has 3 aromatic rings. The van der Waals surface area contributed by atoms with Crippen molar-refractivity contribution < 1.29 is 9.53 Å². The first-order valence-corrected chi connectivity index (χ1v) is 7.76. The van der Waals surface area contributed by atoms with Crippen molar-refractivity contribution in [3.05, 3.63) is 57.9 Å². The summed E-state index contributed by atoms with van der Waals surface area (Å²) in [6.45, 7) is 0. The average Bonchev–Trinajstić information content (AvgIpc) is 2.83. The molecular formula is C16H13ClN2O2S. The summed E-state index contributed by atoms with van der Waals surface area (Å²) in [7, 11) is 3.52. The molecule has 112 valence electrons. The third-order valence-corrected chi connectivity index (χ3v) is 4.65. The maximum Gasteiger partial charge on any atom is 0.279 e. The Morgan fingerprint density at radius 3 is 2.64 bits per heavy atom. The van der Waals surface area contributed by atoms with Gasteiger partial charge in [0.2, 0.25) is 0 Å². The lowest BCUT2D eigenvalue weighted by Crippen LogP contribution is -2.13. The number of rotatable bonds is 2. The van der Waals surface area contributed by atoms with Crippen molar-refractivity contribution >= 4 is 39.1 Å². The Kier molecular flexibility index (Phi) is 4.00. The van der Waals surface area contributed by atoms with Crippen LogP contribution in [0.15, 0.2) is 47.5 Å². The van der Waals surface area contributed by atoms with Crippen LogP contribution in [0.1, 0.15) is 10.4 Å². The van der Waals surface area contributed by atoms with Gasteiger partial charge in [0.25, 0.3) is 5.91 Å². The number of carbonyl (C=O) groups excluding carboxylic acids is 1. The molecule has 1 aromatic heterocycles. The van der Waals surface area contributed by atoms with Crippen LogP contribution in [0.4, 0.5) is 0 Å². The summed E-state index contributed by atoms with van der Waals surface area (Å²) in [6.07, 6.45) is 0. The number of thiazole rings is 1. The fourth-order valence-electron chi connectivity index (χ4n) is 2.09.